The molecule has 8 heteroatoms. The van der Waals surface area contributed by atoms with Crippen LogP contribution < -0.4 is 4.74 Å². The number of halogens is 2. The van der Waals surface area contributed by atoms with Crippen LogP contribution in [0.15, 0.2) is 91.3 Å². The maximum Gasteiger partial charge on any atom is 0.166 e. The summed E-state index contributed by atoms with van der Waals surface area (Å²) in [5, 5.41) is 4.35. The average Bonchev–Trinajstić information content (AvgIpc) is 3.69. The number of hydrogen-bond donors (Lipinski definition) is 0. The van der Waals surface area contributed by atoms with Crippen molar-refractivity contribution in [2.24, 2.45) is 5.41 Å². The SMILES string of the molecule is CC(=O)Cc1cccc(-c2ccn3nccc(Oc4ccc(CC(=O)C5(C(=O)Cc6ccc(F)cc6)CC5)cc4F)c23)c1. The van der Waals surface area contributed by atoms with Gasteiger partial charge in [0.2, 0.25) is 0 Å². The van der Waals surface area contributed by atoms with Gasteiger partial charge in [-0.2, -0.15) is 5.10 Å². The van der Waals surface area contributed by atoms with E-state index >= 15 is 4.39 Å². The molecule has 0 radical (unpaired) electrons. The highest BCUT2D eigenvalue weighted by atomic mass is 19.1. The molecule has 0 atom stereocenters. The first-order chi connectivity index (χ1) is 20.7. The van der Waals surface area contributed by atoms with E-state index in [-0.39, 0.29) is 41.8 Å². The molecule has 216 valence electrons. The summed E-state index contributed by atoms with van der Waals surface area (Å²) in [6.45, 7) is 1.55. The molecule has 6 nitrogen and oxygen atoms in total. The van der Waals surface area contributed by atoms with E-state index in [4.69, 9.17) is 4.74 Å². The Labute approximate surface area is 246 Å². The molecular weight excluding hydrogens is 550 g/mol. The Hall–Kier alpha value is -4.98. The Morgan fingerprint density at radius 3 is 2.21 bits per heavy atom. The summed E-state index contributed by atoms with van der Waals surface area (Å²) in [5.41, 5.74) is 3.25. The Bertz CT molecular complexity index is 1870. The molecule has 0 saturated heterocycles. The number of aromatic nitrogens is 2. The molecule has 1 aliphatic rings. The van der Waals surface area contributed by atoms with Crippen LogP contribution in [-0.4, -0.2) is 27.0 Å². The van der Waals surface area contributed by atoms with Gasteiger partial charge in [0.05, 0.1) is 11.6 Å². The maximum absolute atomic E-state index is 15.3. The molecule has 1 fully saturated rings. The van der Waals surface area contributed by atoms with Crippen molar-refractivity contribution < 1.29 is 27.9 Å². The lowest BCUT2D eigenvalue weighted by molar-refractivity contribution is -0.134. The number of carbonyl (C=O) groups excluding carboxylic acids is 3. The number of hydrogen-bond acceptors (Lipinski definition) is 5. The third-order valence-corrected chi connectivity index (χ3v) is 7.88. The Kier molecular flexibility index (Phi) is 7.44. The predicted molar refractivity (Wildman–Crippen MR) is 157 cm³/mol. The van der Waals surface area contributed by atoms with Crippen LogP contribution in [0, 0.1) is 17.0 Å². The molecule has 1 saturated carbocycles. The lowest BCUT2D eigenvalue weighted by Crippen LogP contribution is -2.28. The first-order valence-corrected chi connectivity index (χ1v) is 14.0. The largest absolute Gasteiger partial charge is 0.452 e. The number of ketones is 3. The zero-order valence-electron chi connectivity index (χ0n) is 23.5. The summed E-state index contributed by atoms with van der Waals surface area (Å²) >= 11 is 0. The third-order valence-electron chi connectivity index (χ3n) is 7.88. The minimum atomic E-state index is -1.06. The summed E-state index contributed by atoms with van der Waals surface area (Å²) in [7, 11) is 0. The number of fused-ring (bicyclic) bond motifs is 1. The van der Waals surface area contributed by atoms with Gasteiger partial charge in [-0.25, -0.2) is 13.3 Å². The fourth-order valence-electron chi connectivity index (χ4n) is 5.47. The number of benzene rings is 3. The standard InChI is InChI=1S/C35H28F2N2O4/c1-22(40)17-24-3-2-4-26(18-24)28-12-16-39-34(28)31(11-15-38-39)43-30-10-7-25(19-29(30)37)21-33(42)35(13-14-35)32(41)20-23-5-8-27(36)9-6-23/h2-12,15-16,18-19H,13-14,17,20-21H2,1H3. The number of ether oxygens (including phenoxy) is 1. The van der Waals surface area contributed by atoms with E-state index in [1.165, 1.54) is 24.3 Å². The van der Waals surface area contributed by atoms with Crippen molar-refractivity contribution in [3.63, 3.8) is 0 Å². The van der Waals surface area contributed by atoms with Gasteiger partial charge in [-0.15, -0.1) is 0 Å². The molecule has 0 amide bonds. The lowest BCUT2D eigenvalue weighted by Gasteiger charge is -2.14. The summed E-state index contributed by atoms with van der Waals surface area (Å²) in [6.07, 6.45) is 4.56. The number of Topliss-reactive ketones (excluding diaryl/α,β-unsaturated/α-hetero) is 3. The molecular formula is C35H28F2N2O4. The van der Waals surface area contributed by atoms with Crippen LogP contribution in [0.5, 0.6) is 11.5 Å². The summed E-state index contributed by atoms with van der Waals surface area (Å²) in [5.74, 6) is -1.03. The zero-order chi connectivity index (χ0) is 30.1. The van der Waals surface area contributed by atoms with E-state index in [9.17, 15) is 18.8 Å². The van der Waals surface area contributed by atoms with Gasteiger partial charge in [0.25, 0.3) is 0 Å². The normalized spacial score (nSPS) is 13.6. The summed E-state index contributed by atoms with van der Waals surface area (Å²) in [6, 6.07) is 21.2. The van der Waals surface area contributed by atoms with Gasteiger partial charge in [-0.3, -0.25) is 14.4 Å². The fourth-order valence-corrected chi connectivity index (χ4v) is 5.47. The predicted octanol–water partition coefficient (Wildman–Crippen LogP) is 6.91. The van der Waals surface area contributed by atoms with Crippen molar-refractivity contribution >= 4 is 22.9 Å². The maximum atomic E-state index is 15.3. The first kappa shape index (κ1) is 28.2. The molecule has 3 aromatic carbocycles. The molecule has 0 aliphatic heterocycles. The van der Waals surface area contributed by atoms with Crippen molar-refractivity contribution in [2.75, 3.05) is 0 Å². The van der Waals surface area contributed by atoms with Crippen molar-refractivity contribution in [1.29, 1.82) is 0 Å². The topological polar surface area (TPSA) is 77.7 Å². The number of nitrogens with zero attached hydrogens (tertiary/aromatic N) is 2. The van der Waals surface area contributed by atoms with Gasteiger partial charge in [0.1, 0.15) is 17.1 Å². The van der Waals surface area contributed by atoms with Gasteiger partial charge in [0, 0.05) is 37.1 Å². The highest BCUT2D eigenvalue weighted by molar-refractivity contribution is 6.11. The second-order valence-corrected chi connectivity index (χ2v) is 11.1. The summed E-state index contributed by atoms with van der Waals surface area (Å²) < 4.78 is 36.2. The van der Waals surface area contributed by atoms with Crippen LogP contribution in [-0.2, 0) is 33.6 Å². The van der Waals surface area contributed by atoms with E-state index < -0.39 is 11.2 Å². The Morgan fingerprint density at radius 1 is 0.814 bits per heavy atom. The smallest absolute Gasteiger partial charge is 0.166 e. The minimum Gasteiger partial charge on any atom is -0.452 e. The second-order valence-electron chi connectivity index (χ2n) is 11.1. The van der Waals surface area contributed by atoms with Crippen LogP contribution in [0.25, 0.3) is 16.6 Å². The van der Waals surface area contributed by atoms with Gasteiger partial charge in [-0.05, 0) is 72.4 Å². The van der Waals surface area contributed by atoms with Crippen LogP contribution in [0.3, 0.4) is 0 Å². The molecule has 0 N–H and O–H groups in total. The van der Waals surface area contributed by atoms with Gasteiger partial charge in [0.15, 0.2) is 28.9 Å². The van der Waals surface area contributed by atoms with E-state index in [1.807, 2.05) is 30.3 Å². The molecule has 0 spiro atoms. The monoisotopic (exact) mass is 578 g/mol. The third kappa shape index (κ3) is 5.86. The van der Waals surface area contributed by atoms with E-state index in [1.54, 1.807) is 48.1 Å². The van der Waals surface area contributed by atoms with Gasteiger partial charge in [-0.1, -0.05) is 42.5 Å². The van der Waals surface area contributed by atoms with Crippen molar-refractivity contribution in [1.82, 2.24) is 9.61 Å². The molecule has 2 heterocycles. The average molecular weight is 579 g/mol. The minimum absolute atomic E-state index is 0.0182. The van der Waals surface area contributed by atoms with Crippen molar-refractivity contribution in [3.05, 3.63) is 120 Å². The lowest BCUT2D eigenvalue weighted by atomic mass is 9.88. The highest BCUT2D eigenvalue weighted by Gasteiger charge is 2.54. The van der Waals surface area contributed by atoms with Crippen molar-refractivity contribution in [3.8, 4) is 22.6 Å². The zero-order valence-corrected chi connectivity index (χ0v) is 23.5. The van der Waals surface area contributed by atoms with Crippen LogP contribution in [0.2, 0.25) is 0 Å². The number of rotatable bonds is 11. The molecule has 0 unspecified atom stereocenters. The summed E-state index contributed by atoms with van der Waals surface area (Å²) in [4.78, 5) is 37.8. The van der Waals surface area contributed by atoms with Gasteiger partial charge >= 0.3 is 0 Å². The van der Waals surface area contributed by atoms with Crippen LogP contribution in [0.4, 0.5) is 8.78 Å². The molecule has 6 rings (SSSR count). The quantitative estimate of drug-likeness (QED) is 0.159. The second kappa shape index (κ2) is 11.4. The molecule has 2 aromatic heterocycles. The molecule has 5 aromatic rings. The molecule has 1 aliphatic carbocycles. The Morgan fingerprint density at radius 2 is 1.51 bits per heavy atom. The van der Waals surface area contributed by atoms with E-state index in [2.05, 4.69) is 5.10 Å². The first-order valence-electron chi connectivity index (χ1n) is 14.0. The Balaban J connectivity index is 1.20. The highest BCUT2D eigenvalue weighted by Crippen LogP contribution is 2.49. The fraction of sp³-hybridized carbons (Fsp3) is 0.200. The van der Waals surface area contributed by atoms with Crippen LogP contribution in [0.1, 0.15) is 36.5 Å². The van der Waals surface area contributed by atoms with E-state index in [0.29, 0.717) is 41.7 Å². The van der Waals surface area contributed by atoms with E-state index in [0.717, 1.165) is 16.7 Å². The number of carbonyl (C=O) groups is 3. The molecule has 0 bridgehead atoms. The van der Waals surface area contributed by atoms with Gasteiger partial charge < -0.3 is 4.74 Å². The molecule has 43 heavy (non-hydrogen) atoms. The van der Waals surface area contributed by atoms with Crippen LogP contribution >= 0.6 is 0 Å². The van der Waals surface area contributed by atoms with Crippen molar-refractivity contribution in [2.45, 2.75) is 39.0 Å².